The Morgan fingerprint density at radius 1 is 1.44 bits per heavy atom. The molecular formula is C13H25N3O2. The fraction of sp³-hybridized carbons (Fsp3) is 0.846. The lowest BCUT2D eigenvalue weighted by molar-refractivity contribution is -0.159. The maximum atomic E-state index is 12.4. The molecule has 1 aliphatic heterocycles. The number of hydrogen-bond donors (Lipinski definition) is 1. The summed E-state index contributed by atoms with van der Waals surface area (Å²) in [4.78, 5) is 27.9. The summed E-state index contributed by atoms with van der Waals surface area (Å²) in [5.74, 6) is 0.00653. The minimum Gasteiger partial charge on any atom is -0.342 e. The van der Waals surface area contributed by atoms with Crippen molar-refractivity contribution < 1.29 is 9.59 Å². The van der Waals surface area contributed by atoms with E-state index in [0.717, 1.165) is 12.8 Å². The molecule has 0 aromatic carbocycles. The van der Waals surface area contributed by atoms with Gasteiger partial charge in [-0.15, -0.1) is 0 Å². The molecule has 1 atom stereocenters. The van der Waals surface area contributed by atoms with Crippen molar-refractivity contribution in [3.8, 4) is 0 Å². The van der Waals surface area contributed by atoms with E-state index in [9.17, 15) is 9.59 Å². The van der Waals surface area contributed by atoms with Gasteiger partial charge in [0.1, 0.15) is 5.54 Å². The molecule has 1 rings (SSSR count). The van der Waals surface area contributed by atoms with Crippen LogP contribution >= 0.6 is 0 Å². The summed E-state index contributed by atoms with van der Waals surface area (Å²) >= 11 is 0. The lowest BCUT2D eigenvalue weighted by Gasteiger charge is -2.45. The van der Waals surface area contributed by atoms with E-state index >= 15 is 0 Å². The normalized spacial score (nSPS) is 21.1. The molecule has 5 heteroatoms. The Kier molecular flexibility index (Phi) is 4.73. The summed E-state index contributed by atoms with van der Waals surface area (Å²) in [6, 6.07) is 0. The quantitative estimate of drug-likeness (QED) is 0.792. The van der Waals surface area contributed by atoms with Crippen LogP contribution in [0.2, 0.25) is 0 Å². The zero-order valence-electron chi connectivity index (χ0n) is 11.9. The predicted molar refractivity (Wildman–Crippen MR) is 70.9 cm³/mol. The second-order valence-electron chi connectivity index (χ2n) is 5.61. The Balaban J connectivity index is 2.76. The van der Waals surface area contributed by atoms with E-state index in [0.29, 0.717) is 19.6 Å². The van der Waals surface area contributed by atoms with Crippen LogP contribution in [-0.4, -0.2) is 53.8 Å². The number of rotatable bonds is 4. The zero-order valence-corrected chi connectivity index (χ0v) is 11.9. The molecule has 2 N–H and O–H groups in total. The van der Waals surface area contributed by atoms with Crippen LogP contribution < -0.4 is 5.73 Å². The van der Waals surface area contributed by atoms with E-state index in [1.54, 1.807) is 16.8 Å². The average Bonchev–Trinajstić information content (AvgIpc) is 2.32. The molecule has 0 spiro atoms. The second kappa shape index (κ2) is 5.69. The summed E-state index contributed by atoms with van der Waals surface area (Å²) in [5.41, 5.74) is 4.73. The van der Waals surface area contributed by atoms with Crippen molar-refractivity contribution in [2.24, 2.45) is 11.7 Å². The van der Waals surface area contributed by atoms with E-state index in [4.69, 9.17) is 5.73 Å². The molecule has 1 unspecified atom stereocenters. The number of nitrogens with two attached hydrogens (primary N) is 1. The van der Waals surface area contributed by atoms with E-state index in [-0.39, 0.29) is 17.7 Å². The van der Waals surface area contributed by atoms with Gasteiger partial charge in [-0.05, 0) is 33.2 Å². The fourth-order valence-electron chi connectivity index (χ4n) is 2.41. The van der Waals surface area contributed by atoms with Crippen LogP contribution in [0.15, 0.2) is 0 Å². The Hall–Kier alpha value is -1.10. The van der Waals surface area contributed by atoms with Crippen LogP contribution in [0.1, 0.15) is 33.6 Å². The number of nitrogens with zero attached hydrogens (tertiary/aromatic N) is 2. The van der Waals surface area contributed by atoms with Gasteiger partial charge >= 0.3 is 0 Å². The van der Waals surface area contributed by atoms with Gasteiger partial charge in [0.25, 0.3) is 0 Å². The Bertz CT molecular complexity index is 328. The van der Waals surface area contributed by atoms with Crippen LogP contribution in [0.5, 0.6) is 0 Å². The van der Waals surface area contributed by atoms with Crippen molar-refractivity contribution in [1.29, 1.82) is 0 Å². The van der Waals surface area contributed by atoms with E-state index in [2.05, 4.69) is 0 Å². The molecule has 18 heavy (non-hydrogen) atoms. The summed E-state index contributed by atoms with van der Waals surface area (Å²) in [6.07, 6.45) is 1.63. The molecule has 2 amide bonds. The van der Waals surface area contributed by atoms with Crippen LogP contribution in [0.25, 0.3) is 0 Å². The Morgan fingerprint density at radius 3 is 2.61 bits per heavy atom. The third kappa shape index (κ3) is 2.83. The first-order valence-electron chi connectivity index (χ1n) is 6.59. The van der Waals surface area contributed by atoms with Crippen molar-refractivity contribution in [3.63, 3.8) is 0 Å². The first kappa shape index (κ1) is 15.0. The molecule has 1 aliphatic rings. The molecular weight excluding hydrogens is 230 g/mol. The molecule has 1 heterocycles. The number of carbonyl (C=O) groups excluding carboxylic acids is 2. The van der Waals surface area contributed by atoms with Gasteiger partial charge in [0.05, 0.1) is 0 Å². The Morgan fingerprint density at radius 2 is 2.06 bits per heavy atom. The third-order valence-electron chi connectivity index (χ3n) is 3.73. The van der Waals surface area contributed by atoms with Crippen molar-refractivity contribution >= 4 is 11.8 Å². The van der Waals surface area contributed by atoms with Gasteiger partial charge in [-0.2, -0.15) is 0 Å². The standard InChI is InChI=1S/C13H25N3O2/c1-10(6-5-7-14)11(17)16-9-8-15(4)12(18)13(16,2)3/h10H,5-9,14H2,1-4H3. The van der Waals surface area contributed by atoms with Gasteiger partial charge in [-0.1, -0.05) is 6.92 Å². The number of hydrogen-bond acceptors (Lipinski definition) is 3. The monoisotopic (exact) mass is 255 g/mol. The van der Waals surface area contributed by atoms with Crippen LogP contribution in [0, 0.1) is 5.92 Å². The number of likely N-dealkylation sites (N-methyl/N-ethyl adjacent to an activating group) is 1. The van der Waals surface area contributed by atoms with E-state index < -0.39 is 5.54 Å². The lowest BCUT2D eigenvalue weighted by atomic mass is 9.94. The zero-order chi connectivity index (χ0) is 13.9. The fourth-order valence-corrected chi connectivity index (χ4v) is 2.41. The van der Waals surface area contributed by atoms with E-state index in [1.807, 2.05) is 20.8 Å². The number of piperazine rings is 1. The average molecular weight is 255 g/mol. The largest absolute Gasteiger partial charge is 0.342 e. The van der Waals surface area contributed by atoms with Gasteiger partial charge in [0.2, 0.25) is 11.8 Å². The highest BCUT2D eigenvalue weighted by Crippen LogP contribution is 2.24. The molecule has 1 fully saturated rings. The molecule has 0 aromatic rings. The number of carbonyl (C=O) groups is 2. The number of amides is 2. The topological polar surface area (TPSA) is 66.6 Å². The highest BCUT2D eigenvalue weighted by Gasteiger charge is 2.43. The molecule has 104 valence electrons. The van der Waals surface area contributed by atoms with Crippen LogP contribution in [0.3, 0.4) is 0 Å². The lowest BCUT2D eigenvalue weighted by Crippen LogP contribution is -2.64. The first-order chi connectivity index (χ1) is 8.32. The highest BCUT2D eigenvalue weighted by molar-refractivity contribution is 5.92. The highest BCUT2D eigenvalue weighted by atomic mass is 16.2. The van der Waals surface area contributed by atoms with Crippen LogP contribution in [0.4, 0.5) is 0 Å². The van der Waals surface area contributed by atoms with Gasteiger partial charge in [-0.25, -0.2) is 0 Å². The molecule has 0 aliphatic carbocycles. The van der Waals surface area contributed by atoms with Crippen molar-refractivity contribution in [3.05, 3.63) is 0 Å². The minimum absolute atomic E-state index is 0.00752. The SMILES string of the molecule is CC(CCCN)C(=O)N1CCN(C)C(=O)C1(C)C. The molecule has 0 saturated carbocycles. The van der Waals surface area contributed by atoms with Crippen molar-refractivity contribution in [1.82, 2.24) is 9.80 Å². The molecule has 0 radical (unpaired) electrons. The van der Waals surface area contributed by atoms with Crippen molar-refractivity contribution in [2.45, 2.75) is 39.2 Å². The molecule has 1 saturated heterocycles. The van der Waals surface area contributed by atoms with Crippen LogP contribution in [-0.2, 0) is 9.59 Å². The third-order valence-corrected chi connectivity index (χ3v) is 3.73. The summed E-state index contributed by atoms with van der Waals surface area (Å²) in [6.45, 7) is 7.37. The maximum absolute atomic E-state index is 12.4. The summed E-state index contributed by atoms with van der Waals surface area (Å²) < 4.78 is 0. The smallest absolute Gasteiger partial charge is 0.247 e. The maximum Gasteiger partial charge on any atom is 0.247 e. The van der Waals surface area contributed by atoms with Gasteiger partial charge < -0.3 is 15.5 Å². The first-order valence-corrected chi connectivity index (χ1v) is 6.59. The molecule has 5 nitrogen and oxygen atoms in total. The predicted octanol–water partition coefficient (Wildman–Crippen LogP) is 0.441. The van der Waals surface area contributed by atoms with Crippen molar-refractivity contribution in [2.75, 3.05) is 26.7 Å². The van der Waals surface area contributed by atoms with Gasteiger partial charge in [0.15, 0.2) is 0 Å². The minimum atomic E-state index is -0.735. The van der Waals surface area contributed by atoms with E-state index in [1.165, 1.54) is 0 Å². The molecule has 0 bridgehead atoms. The summed E-state index contributed by atoms with van der Waals surface area (Å²) in [5, 5.41) is 0. The van der Waals surface area contributed by atoms with Gasteiger partial charge in [-0.3, -0.25) is 9.59 Å². The van der Waals surface area contributed by atoms with Gasteiger partial charge in [0, 0.05) is 26.1 Å². The summed E-state index contributed by atoms with van der Waals surface area (Å²) in [7, 11) is 1.78. The second-order valence-corrected chi connectivity index (χ2v) is 5.61. The Labute approximate surface area is 109 Å². The molecule has 0 aromatic heterocycles.